The quantitative estimate of drug-likeness (QED) is 0.426. The Labute approximate surface area is 172 Å². The van der Waals surface area contributed by atoms with Crippen LogP contribution in [-0.2, 0) is 20.9 Å². The van der Waals surface area contributed by atoms with E-state index in [1.54, 1.807) is 24.3 Å². The third kappa shape index (κ3) is 4.35. The molecule has 1 saturated heterocycles. The topological polar surface area (TPSA) is 110 Å². The predicted octanol–water partition coefficient (Wildman–Crippen LogP) is 2.36. The number of benzene rings is 2. The lowest BCUT2D eigenvalue weighted by molar-refractivity contribution is -0.384. The Bertz CT molecular complexity index is 1030. The maximum atomic E-state index is 12.9. The van der Waals surface area contributed by atoms with Crippen molar-refractivity contribution in [2.45, 2.75) is 13.5 Å². The Kier molecular flexibility index (Phi) is 5.91. The number of non-ortho nitro benzene ring substituents is 1. The van der Waals surface area contributed by atoms with E-state index < -0.39 is 22.6 Å². The number of hydrogen-bond acceptors (Lipinski definition) is 6. The summed E-state index contributed by atoms with van der Waals surface area (Å²) in [4.78, 5) is 50.0. The van der Waals surface area contributed by atoms with Crippen molar-refractivity contribution in [2.24, 2.45) is 0 Å². The van der Waals surface area contributed by atoms with E-state index in [4.69, 9.17) is 4.74 Å². The average molecular weight is 409 g/mol. The zero-order valence-corrected chi connectivity index (χ0v) is 16.4. The highest BCUT2D eigenvalue weighted by atomic mass is 16.6. The number of carbonyl (C=O) groups excluding carboxylic acids is 3. The highest BCUT2D eigenvalue weighted by Gasteiger charge is 2.36. The van der Waals surface area contributed by atoms with Gasteiger partial charge < -0.3 is 9.64 Å². The fraction of sp³-hybridized carbons (Fsp3) is 0.190. The molecule has 0 bridgehead atoms. The second kappa shape index (κ2) is 8.56. The maximum absolute atomic E-state index is 12.9. The summed E-state index contributed by atoms with van der Waals surface area (Å²) in [5.74, 6) is -0.900. The molecule has 2 aromatic rings. The van der Waals surface area contributed by atoms with Crippen LogP contribution in [0.25, 0.3) is 6.08 Å². The van der Waals surface area contributed by atoms with Gasteiger partial charge in [0.25, 0.3) is 11.6 Å². The third-order valence-electron chi connectivity index (χ3n) is 4.64. The number of hydrogen-bond donors (Lipinski definition) is 0. The van der Waals surface area contributed by atoms with Gasteiger partial charge in [0.15, 0.2) is 0 Å². The molecule has 0 aromatic heterocycles. The molecule has 9 heteroatoms. The summed E-state index contributed by atoms with van der Waals surface area (Å²) in [7, 11) is 1.54. The van der Waals surface area contributed by atoms with Gasteiger partial charge in [-0.15, -0.1) is 0 Å². The van der Waals surface area contributed by atoms with Crippen molar-refractivity contribution in [1.29, 1.82) is 0 Å². The highest BCUT2D eigenvalue weighted by Crippen LogP contribution is 2.24. The van der Waals surface area contributed by atoms with Crippen molar-refractivity contribution in [3.8, 4) is 5.75 Å². The number of nitro benzene ring substituents is 1. The van der Waals surface area contributed by atoms with Crippen LogP contribution in [0, 0.1) is 10.1 Å². The molecular weight excluding hydrogens is 390 g/mol. The Morgan fingerprint density at radius 3 is 2.30 bits per heavy atom. The molecular formula is C21H19N3O6. The highest BCUT2D eigenvalue weighted by molar-refractivity contribution is 6.12. The van der Waals surface area contributed by atoms with Crippen LogP contribution in [0.3, 0.4) is 0 Å². The van der Waals surface area contributed by atoms with Gasteiger partial charge in [0.2, 0.25) is 11.8 Å². The number of piperazine rings is 1. The minimum atomic E-state index is -0.583. The molecule has 3 amide bonds. The molecule has 0 spiro atoms. The molecule has 9 nitrogen and oxygen atoms in total. The Morgan fingerprint density at radius 2 is 1.77 bits per heavy atom. The van der Waals surface area contributed by atoms with Gasteiger partial charge in [-0.3, -0.25) is 29.4 Å². The van der Waals surface area contributed by atoms with E-state index in [-0.39, 0.29) is 24.5 Å². The molecule has 0 aliphatic carbocycles. The summed E-state index contributed by atoms with van der Waals surface area (Å²) in [5, 5.41) is 10.8. The smallest absolute Gasteiger partial charge is 0.277 e. The summed E-state index contributed by atoms with van der Waals surface area (Å²) in [6.07, 6.45) is 1.53. The number of carbonyl (C=O) groups is 3. The van der Waals surface area contributed by atoms with Gasteiger partial charge >= 0.3 is 0 Å². The minimum absolute atomic E-state index is 0.0380. The summed E-state index contributed by atoms with van der Waals surface area (Å²) in [6, 6.07) is 12.6. The van der Waals surface area contributed by atoms with Crippen molar-refractivity contribution < 1.29 is 24.0 Å². The predicted molar refractivity (Wildman–Crippen MR) is 107 cm³/mol. The first-order valence-electron chi connectivity index (χ1n) is 9.02. The van der Waals surface area contributed by atoms with Crippen LogP contribution in [0.5, 0.6) is 5.75 Å². The molecule has 2 aromatic carbocycles. The Balaban J connectivity index is 1.97. The molecule has 3 rings (SSSR count). The van der Waals surface area contributed by atoms with Crippen LogP contribution in [0.1, 0.15) is 18.1 Å². The molecule has 0 N–H and O–H groups in total. The molecule has 0 radical (unpaired) electrons. The van der Waals surface area contributed by atoms with Crippen LogP contribution >= 0.6 is 0 Å². The minimum Gasteiger partial charge on any atom is -0.497 e. The van der Waals surface area contributed by atoms with Crippen LogP contribution in [0.2, 0.25) is 0 Å². The molecule has 1 fully saturated rings. The van der Waals surface area contributed by atoms with Gasteiger partial charge in [-0.25, -0.2) is 0 Å². The SMILES string of the molecule is COc1ccc(C=C2C(=O)N(C(C)=O)CC(=O)N2Cc2ccc([N+](=O)[O-])cc2)cc1. The zero-order valence-electron chi connectivity index (χ0n) is 16.4. The number of amides is 3. The molecule has 154 valence electrons. The molecule has 0 saturated carbocycles. The number of nitro groups is 1. The van der Waals surface area contributed by atoms with E-state index in [0.29, 0.717) is 16.9 Å². The van der Waals surface area contributed by atoms with E-state index in [1.165, 1.54) is 49.3 Å². The van der Waals surface area contributed by atoms with Gasteiger partial charge in [-0.05, 0) is 29.3 Å². The van der Waals surface area contributed by atoms with Crippen molar-refractivity contribution >= 4 is 29.5 Å². The Hall–Kier alpha value is -4.01. The van der Waals surface area contributed by atoms with E-state index in [2.05, 4.69) is 0 Å². The van der Waals surface area contributed by atoms with Gasteiger partial charge in [0.1, 0.15) is 18.0 Å². The summed E-state index contributed by atoms with van der Waals surface area (Å²) >= 11 is 0. The number of imide groups is 1. The lowest BCUT2D eigenvalue weighted by Gasteiger charge is -2.34. The number of methoxy groups -OCH3 is 1. The van der Waals surface area contributed by atoms with Crippen molar-refractivity contribution in [3.63, 3.8) is 0 Å². The summed E-state index contributed by atoms with van der Waals surface area (Å²) in [6.45, 7) is 0.902. The van der Waals surface area contributed by atoms with Crippen LogP contribution in [0.15, 0.2) is 54.2 Å². The van der Waals surface area contributed by atoms with Gasteiger partial charge in [-0.1, -0.05) is 24.3 Å². The van der Waals surface area contributed by atoms with E-state index in [9.17, 15) is 24.5 Å². The van der Waals surface area contributed by atoms with Crippen LogP contribution in [-0.4, -0.2) is 46.1 Å². The molecule has 1 heterocycles. The van der Waals surface area contributed by atoms with Crippen LogP contribution in [0.4, 0.5) is 5.69 Å². The van der Waals surface area contributed by atoms with Crippen LogP contribution < -0.4 is 4.74 Å². The number of ether oxygens (including phenoxy) is 1. The second-order valence-corrected chi connectivity index (χ2v) is 6.62. The molecule has 1 aliphatic heterocycles. The summed E-state index contributed by atoms with van der Waals surface area (Å²) < 4.78 is 5.12. The maximum Gasteiger partial charge on any atom is 0.277 e. The van der Waals surface area contributed by atoms with E-state index in [0.717, 1.165) is 4.90 Å². The van der Waals surface area contributed by atoms with Gasteiger partial charge in [0.05, 0.1) is 18.6 Å². The summed E-state index contributed by atoms with van der Waals surface area (Å²) in [5.41, 5.74) is 1.23. The normalized spacial score (nSPS) is 15.5. The second-order valence-electron chi connectivity index (χ2n) is 6.62. The first-order chi connectivity index (χ1) is 14.3. The molecule has 0 atom stereocenters. The number of nitrogens with zero attached hydrogens (tertiary/aromatic N) is 3. The molecule has 30 heavy (non-hydrogen) atoms. The fourth-order valence-corrected chi connectivity index (χ4v) is 3.01. The lowest BCUT2D eigenvalue weighted by atomic mass is 10.1. The lowest BCUT2D eigenvalue weighted by Crippen LogP contribution is -2.53. The van der Waals surface area contributed by atoms with Crippen molar-refractivity contribution in [3.05, 3.63) is 75.5 Å². The van der Waals surface area contributed by atoms with Crippen molar-refractivity contribution in [2.75, 3.05) is 13.7 Å². The zero-order chi connectivity index (χ0) is 21.8. The fourth-order valence-electron chi connectivity index (χ4n) is 3.01. The Morgan fingerprint density at radius 1 is 1.13 bits per heavy atom. The first-order valence-corrected chi connectivity index (χ1v) is 9.02. The number of rotatable bonds is 5. The molecule has 1 aliphatic rings. The largest absolute Gasteiger partial charge is 0.497 e. The van der Waals surface area contributed by atoms with E-state index in [1.807, 2.05) is 0 Å². The average Bonchev–Trinajstić information content (AvgIpc) is 2.73. The monoisotopic (exact) mass is 409 g/mol. The van der Waals surface area contributed by atoms with Gasteiger partial charge in [-0.2, -0.15) is 0 Å². The third-order valence-corrected chi connectivity index (χ3v) is 4.64. The van der Waals surface area contributed by atoms with Crippen molar-refractivity contribution in [1.82, 2.24) is 9.80 Å². The first kappa shape index (κ1) is 20.7. The van der Waals surface area contributed by atoms with E-state index >= 15 is 0 Å². The molecule has 0 unspecified atom stereocenters. The standard InChI is InChI=1S/C21H19N3O6/c1-14(25)22-13-20(26)23(12-16-3-7-17(8-4-16)24(28)29)19(21(22)27)11-15-5-9-18(30-2)10-6-15/h3-11H,12-13H2,1-2H3. The van der Waals surface area contributed by atoms with Gasteiger partial charge in [0, 0.05) is 19.1 Å².